The molecule has 4 rings (SSSR count). The molecule has 0 bridgehead atoms. The van der Waals surface area contributed by atoms with Crippen molar-refractivity contribution in [2.45, 2.75) is 243 Å². The fraction of sp³-hybridized carbons (Fsp3) is 0.643. The summed E-state index contributed by atoms with van der Waals surface area (Å²) in [6, 6.07) is 19.7. The van der Waals surface area contributed by atoms with Crippen LogP contribution in [-0.2, 0) is 65.4 Å². The number of rotatable bonds is 34. The van der Waals surface area contributed by atoms with E-state index in [2.05, 4.69) is 64.1 Å². The molecule has 9 heteroatoms. The van der Waals surface area contributed by atoms with Crippen LogP contribution in [0.2, 0.25) is 0 Å². The second-order valence-electron chi connectivity index (χ2n) is 18.7. The summed E-state index contributed by atoms with van der Waals surface area (Å²) in [6.45, 7) is 8.90. The molecule has 0 aliphatic heterocycles. The molecular weight excluding hydrogens is 898 g/mol. The maximum atomic E-state index is 12.0. The second kappa shape index (κ2) is 34.2. The van der Waals surface area contributed by atoms with E-state index in [9.17, 15) is 25.9 Å². The van der Waals surface area contributed by atoms with Crippen LogP contribution < -0.4 is 0 Å². The Labute approximate surface area is 410 Å². The van der Waals surface area contributed by atoms with Gasteiger partial charge in [0.2, 0.25) is 0 Å². The molecule has 0 aliphatic carbocycles. The summed E-state index contributed by atoms with van der Waals surface area (Å²) in [6.07, 6.45) is 37.6. The fourth-order valence-corrected chi connectivity index (χ4v) is 10.5. The molecular formula is C56H86O6S2Zn. The Hall–Kier alpha value is -2.16. The maximum absolute atomic E-state index is 12.0. The minimum atomic E-state index is -4.47. The first-order valence-corrected chi connectivity index (χ1v) is 28.8. The summed E-state index contributed by atoms with van der Waals surface area (Å²) in [4.78, 5) is -0.0480. The summed E-state index contributed by atoms with van der Waals surface area (Å²) in [5.74, 6) is 0. The number of hydrogen-bond donors (Lipinski definition) is 0. The Bertz CT molecular complexity index is 1960. The van der Waals surface area contributed by atoms with Crippen LogP contribution in [0.1, 0.15) is 230 Å². The number of aryl methyl sites for hydroxylation is 4. The van der Waals surface area contributed by atoms with Crippen molar-refractivity contribution in [2.24, 2.45) is 0 Å². The van der Waals surface area contributed by atoms with Crippen LogP contribution in [0.4, 0.5) is 0 Å². The van der Waals surface area contributed by atoms with Crippen molar-refractivity contribution in [3.63, 3.8) is 0 Å². The van der Waals surface area contributed by atoms with Gasteiger partial charge in [0.15, 0.2) is 0 Å². The van der Waals surface area contributed by atoms with Crippen molar-refractivity contribution in [1.29, 1.82) is 0 Å². The van der Waals surface area contributed by atoms with Gasteiger partial charge in [0.05, 0.1) is 9.79 Å². The summed E-state index contributed by atoms with van der Waals surface area (Å²) in [5, 5.41) is 3.78. The van der Waals surface area contributed by atoms with Crippen LogP contribution in [0, 0.1) is 0 Å². The molecule has 0 unspecified atom stereocenters. The Balaban J connectivity index is 0.000000440. The third-order valence-corrected chi connectivity index (χ3v) is 14.8. The number of fused-ring (bicyclic) bond motifs is 2. The second-order valence-corrected chi connectivity index (χ2v) is 21.4. The van der Waals surface area contributed by atoms with E-state index in [-0.39, 0.29) is 29.3 Å². The molecule has 0 amide bonds. The first kappa shape index (κ1) is 59.0. The largest absolute Gasteiger partial charge is 2.00 e. The molecule has 0 spiro atoms. The van der Waals surface area contributed by atoms with E-state index in [1.54, 1.807) is 12.1 Å². The minimum Gasteiger partial charge on any atom is -0.744 e. The van der Waals surface area contributed by atoms with Crippen LogP contribution in [-0.4, -0.2) is 25.9 Å². The van der Waals surface area contributed by atoms with E-state index in [1.165, 1.54) is 152 Å². The van der Waals surface area contributed by atoms with Crippen LogP contribution >= 0.6 is 0 Å². The van der Waals surface area contributed by atoms with Gasteiger partial charge in [-0.05, 0) is 119 Å². The van der Waals surface area contributed by atoms with Crippen molar-refractivity contribution in [3.8, 4) is 0 Å². The average Bonchev–Trinajstić information content (AvgIpc) is 3.26. The van der Waals surface area contributed by atoms with Gasteiger partial charge in [-0.25, -0.2) is 16.8 Å². The Morgan fingerprint density at radius 3 is 0.862 bits per heavy atom. The molecule has 0 aliphatic rings. The number of benzene rings is 4. The average molecular weight is 985 g/mol. The molecule has 4 aromatic rings. The monoisotopic (exact) mass is 983 g/mol. The Kier molecular flexibility index (Phi) is 31.0. The number of unbranched alkanes of at least 4 members (excludes halogenated alkanes) is 24. The van der Waals surface area contributed by atoms with E-state index in [1.807, 2.05) is 12.1 Å². The fourth-order valence-electron chi connectivity index (χ4n) is 9.03. The third kappa shape index (κ3) is 24.1. The Morgan fingerprint density at radius 1 is 0.323 bits per heavy atom. The summed E-state index contributed by atoms with van der Waals surface area (Å²) < 4.78 is 71.7. The molecule has 0 radical (unpaired) electrons. The van der Waals surface area contributed by atoms with Crippen molar-refractivity contribution in [1.82, 2.24) is 0 Å². The van der Waals surface area contributed by atoms with Gasteiger partial charge in [-0.1, -0.05) is 218 Å². The van der Waals surface area contributed by atoms with Gasteiger partial charge in [0, 0.05) is 0 Å². The summed E-state index contributed by atoms with van der Waals surface area (Å²) in [5.41, 5.74) is 3.81. The first-order valence-electron chi connectivity index (χ1n) is 25.9. The zero-order chi connectivity index (χ0) is 46.5. The van der Waals surface area contributed by atoms with E-state index in [0.29, 0.717) is 24.0 Å². The Morgan fingerprint density at radius 2 is 0.585 bits per heavy atom. The molecule has 0 heterocycles. The SMILES string of the molecule is CCCCCCCCCc1ccc2cc(CCCCCCCCC)c(S(=O)(=O)[O-])cc2c1.CCCCCCCCCc1ccc2cc(CCCCCCCCC)c(S(=O)(=O)[O-])cc2c1.[Zn+2]. The van der Waals surface area contributed by atoms with Crippen molar-refractivity contribution in [2.75, 3.05) is 0 Å². The van der Waals surface area contributed by atoms with Crippen molar-refractivity contribution in [3.05, 3.63) is 82.9 Å². The van der Waals surface area contributed by atoms with Crippen LogP contribution in [0.5, 0.6) is 0 Å². The van der Waals surface area contributed by atoms with Gasteiger partial charge in [-0.15, -0.1) is 0 Å². The predicted molar refractivity (Wildman–Crippen MR) is 271 cm³/mol. The molecule has 360 valence electrons. The van der Waals surface area contributed by atoms with Gasteiger partial charge in [0.1, 0.15) is 20.2 Å². The molecule has 0 saturated carbocycles. The van der Waals surface area contributed by atoms with Gasteiger partial charge >= 0.3 is 19.5 Å². The van der Waals surface area contributed by atoms with Gasteiger partial charge in [-0.3, -0.25) is 0 Å². The molecule has 0 fully saturated rings. The summed E-state index contributed by atoms with van der Waals surface area (Å²) in [7, 11) is -8.95. The maximum Gasteiger partial charge on any atom is 2.00 e. The normalized spacial score (nSPS) is 11.8. The van der Waals surface area contributed by atoms with Crippen molar-refractivity contribution >= 4 is 41.8 Å². The molecule has 0 aromatic heterocycles. The van der Waals surface area contributed by atoms with E-state index < -0.39 is 20.2 Å². The number of hydrogen-bond acceptors (Lipinski definition) is 6. The van der Waals surface area contributed by atoms with Crippen LogP contribution in [0.25, 0.3) is 21.5 Å². The van der Waals surface area contributed by atoms with Gasteiger partial charge < -0.3 is 9.11 Å². The van der Waals surface area contributed by atoms with E-state index in [0.717, 1.165) is 72.9 Å². The van der Waals surface area contributed by atoms with Gasteiger partial charge in [-0.2, -0.15) is 0 Å². The molecule has 65 heavy (non-hydrogen) atoms. The van der Waals surface area contributed by atoms with Crippen LogP contribution in [0.3, 0.4) is 0 Å². The predicted octanol–water partition coefficient (Wildman–Crippen LogP) is 16.7. The molecule has 6 nitrogen and oxygen atoms in total. The molecule has 0 saturated heterocycles. The first-order chi connectivity index (χ1) is 30.9. The zero-order valence-corrected chi connectivity index (χ0v) is 46.0. The van der Waals surface area contributed by atoms with Crippen molar-refractivity contribution < 1.29 is 45.4 Å². The quantitative estimate of drug-likeness (QED) is 0.0262. The minimum absolute atomic E-state index is 0. The topological polar surface area (TPSA) is 114 Å². The van der Waals surface area contributed by atoms with E-state index >= 15 is 0 Å². The zero-order valence-electron chi connectivity index (χ0n) is 41.4. The standard InChI is InChI=1S/2C28H44O3S.Zn/c2*1-3-5-7-9-11-13-15-17-24-19-20-25-22-26(18-16-14-12-10-8-6-4-2)28(32(29,30)31)23-27(25)21-24;/h2*19-23H,3-18H2,1-2H3,(H,29,30,31);/q;;+2/p-2. The third-order valence-electron chi connectivity index (χ3n) is 12.9. The molecule has 0 N–H and O–H groups in total. The molecule has 0 atom stereocenters. The summed E-state index contributed by atoms with van der Waals surface area (Å²) >= 11 is 0. The van der Waals surface area contributed by atoms with Gasteiger partial charge in [0.25, 0.3) is 0 Å². The van der Waals surface area contributed by atoms with E-state index in [4.69, 9.17) is 0 Å². The smallest absolute Gasteiger partial charge is 0.744 e. The van der Waals surface area contributed by atoms with Crippen LogP contribution in [0.15, 0.2) is 70.5 Å². The molecule has 4 aromatic carbocycles.